The molecule has 0 aliphatic carbocycles. The van der Waals surface area contributed by atoms with E-state index in [0.717, 1.165) is 43.7 Å². The predicted octanol–water partition coefficient (Wildman–Crippen LogP) is 2.87. The summed E-state index contributed by atoms with van der Waals surface area (Å²) in [5.41, 5.74) is 2.50. The molecule has 0 saturated carbocycles. The zero-order valence-electron chi connectivity index (χ0n) is 12.3. The molecule has 0 N–H and O–H groups in total. The lowest BCUT2D eigenvalue weighted by atomic mass is 10.1. The molecule has 2 rings (SSSR count). The van der Waals surface area contributed by atoms with Crippen LogP contribution in [0.25, 0.3) is 0 Å². The molecule has 5 heteroatoms. The van der Waals surface area contributed by atoms with Gasteiger partial charge in [-0.2, -0.15) is 0 Å². The maximum atomic E-state index is 6.06. The molecule has 1 saturated heterocycles. The molecule has 1 heterocycles. The number of halogens is 2. The molecule has 1 aromatic rings. The number of rotatable bonds is 5. The van der Waals surface area contributed by atoms with Gasteiger partial charge in [0.1, 0.15) is 0 Å². The fourth-order valence-electron chi connectivity index (χ4n) is 2.50. The van der Waals surface area contributed by atoms with E-state index < -0.39 is 0 Å². The molecule has 1 aliphatic heterocycles. The van der Waals surface area contributed by atoms with Crippen molar-refractivity contribution in [1.82, 2.24) is 9.80 Å². The third-order valence-corrected chi connectivity index (χ3v) is 4.55. The fraction of sp³-hybridized carbons (Fsp3) is 0.600. The van der Waals surface area contributed by atoms with E-state index in [2.05, 4.69) is 62.9 Å². The number of hydrogen-bond donors (Lipinski definition) is 0. The lowest BCUT2D eigenvalue weighted by molar-refractivity contribution is 0.229. The Hall–Kier alpha value is -0.290. The number of likely N-dealkylation sites (N-methyl/N-ethyl adjacent to an activating group) is 1. The Kier molecular flexibility index (Phi) is 6.15. The van der Waals surface area contributed by atoms with Crippen molar-refractivity contribution in [3.63, 3.8) is 0 Å². The van der Waals surface area contributed by atoms with E-state index in [1.54, 1.807) is 0 Å². The molecule has 0 atom stereocenters. The second-order valence-electron chi connectivity index (χ2n) is 5.54. The Bertz CT molecular complexity index is 431. The van der Waals surface area contributed by atoms with E-state index in [0.29, 0.717) is 5.88 Å². The average Bonchev–Trinajstić information content (AvgIpc) is 2.45. The van der Waals surface area contributed by atoms with Crippen LogP contribution in [0.4, 0.5) is 5.69 Å². The lowest BCUT2D eigenvalue weighted by Crippen LogP contribution is -2.48. The molecule has 3 nitrogen and oxygen atoms in total. The fourth-order valence-corrected chi connectivity index (χ4v) is 3.07. The number of anilines is 1. The van der Waals surface area contributed by atoms with E-state index in [-0.39, 0.29) is 0 Å². The maximum absolute atomic E-state index is 6.06. The highest BCUT2D eigenvalue weighted by Gasteiger charge is 2.19. The first-order valence-corrected chi connectivity index (χ1v) is 8.39. The van der Waals surface area contributed by atoms with E-state index in [9.17, 15) is 0 Å². The molecule has 1 aliphatic rings. The second-order valence-corrected chi connectivity index (χ2v) is 6.72. The molecule has 0 amide bonds. The Morgan fingerprint density at radius 3 is 2.50 bits per heavy atom. The van der Waals surface area contributed by atoms with Gasteiger partial charge in [0.25, 0.3) is 0 Å². The third kappa shape index (κ3) is 4.35. The number of alkyl halides is 1. The highest BCUT2D eigenvalue weighted by atomic mass is 79.9. The SMILES string of the molecule is CN(C)CCN1CCN(c2cc(Br)ccc2CCl)CC1. The Morgan fingerprint density at radius 1 is 1.20 bits per heavy atom. The van der Waals surface area contributed by atoms with Crippen LogP contribution >= 0.6 is 27.5 Å². The van der Waals surface area contributed by atoms with E-state index in [4.69, 9.17) is 11.6 Å². The van der Waals surface area contributed by atoms with Crippen LogP contribution in [-0.2, 0) is 5.88 Å². The summed E-state index contributed by atoms with van der Waals surface area (Å²) in [6.07, 6.45) is 0. The quantitative estimate of drug-likeness (QED) is 0.748. The summed E-state index contributed by atoms with van der Waals surface area (Å²) in [6, 6.07) is 6.37. The Morgan fingerprint density at radius 2 is 1.90 bits per heavy atom. The molecule has 20 heavy (non-hydrogen) atoms. The number of nitrogens with zero attached hydrogens (tertiary/aromatic N) is 3. The number of hydrogen-bond acceptors (Lipinski definition) is 3. The van der Waals surface area contributed by atoms with Crippen LogP contribution in [-0.4, -0.2) is 63.2 Å². The van der Waals surface area contributed by atoms with Gasteiger partial charge >= 0.3 is 0 Å². The van der Waals surface area contributed by atoms with E-state index >= 15 is 0 Å². The van der Waals surface area contributed by atoms with Crippen LogP contribution in [0.3, 0.4) is 0 Å². The van der Waals surface area contributed by atoms with Crippen molar-refractivity contribution in [1.29, 1.82) is 0 Å². The van der Waals surface area contributed by atoms with Crippen LogP contribution in [0, 0.1) is 0 Å². The number of benzene rings is 1. The van der Waals surface area contributed by atoms with Gasteiger partial charge in [-0.15, -0.1) is 11.6 Å². The topological polar surface area (TPSA) is 9.72 Å². The van der Waals surface area contributed by atoms with Gasteiger partial charge in [0, 0.05) is 55.3 Å². The van der Waals surface area contributed by atoms with Gasteiger partial charge in [0.2, 0.25) is 0 Å². The first-order chi connectivity index (χ1) is 9.60. The zero-order chi connectivity index (χ0) is 14.5. The highest BCUT2D eigenvalue weighted by Crippen LogP contribution is 2.27. The maximum Gasteiger partial charge on any atom is 0.0494 e. The monoisotopic (exact) mass is 359 g/mol. The van der Waals surface area contributed by atoms with Crippen LogP contribution in [0.5, 0.6) is 0 Å². The summed E-state index contributed by atoms with van der Waals surface area (Å²) < 4.78 is 1.12. The number of piperazine rings is 1. The smallest absolute Gasteiger partial charge is 0.0494 e. The Balaban J connectivity index is 1.95. The van der Waals surface area contributed by atoms with E-state index in [1.807, 2.05) is 0 Å². The summed E-state index contributed by atoms with van der Waals surface area (Å²) >= 11 is 9.62. The first kappa shape index (κ1) is 16.1. The zero-order valence-corrected chi connectivity index (χ0v) is 14.6. The highest BCUT2D eigenvalue weighted by molar-refractivity contribution is 9.10. The molecular formula is C15H23BrClN3. The van der Waals surface area contributed by atoms with Crippen molar-refractivity contribution >= 4 is 33.2 Å². The second kappa shape index (κ2) is 7.64. The van der Waals surface area contributed by atoms with Crippen molar-refractivity contribution in [2.75, 3.05) is 58.3 Å². The standard InChI is InChI=1S/C15H23BrClN3/c1-18(2)5-6-19-7-9-20(10-8-19)15-11-14(16)4-3-13(15)12-17/h3-4,11H,5-10,12H2,1-2H3. The normalized spacial score (nSPS) is 16.9. The van der Waals surface area contributed by atoms with Gasteiger partial charge in [-0.1, -0.05) is 22.0 Å². The van der Waals surface area contributed by atoms with Crippen molar-refractivity contribution < 1.29 is 0 Å². The molecule has 1 fully saturated rings. The minimum atomic E-state index is 0.573. The first-order valence-electron chi connectivity index (χ1n) is 7.06. The van der Waals surface area contributed by atoms with Gasteiger partial charge in [-0.05, 0) is 31.8 Å². The van der Waals surface area contributed by atoms with Crippen LogP contribution in [0.1, 0.15) is 5.56 Å². The largest absolute Gasteiger partial charge is 0.369 e. The van der Waals surface area contributed by atoms with Crippen LogP contribution < -0.4 is 4.90 Å². The lowest BCUT2D eigenvalue weighted by Gasteiger charge is -2.37. The molecular weight excluding hydrogens is 338 g/mol. The molecule has 0 radical (unpaired) electrons. The summed E-state index contributed by atoms with van der Waals surface area (Å²) in [6.45, 7) is 6.69. The van der Waals surface area contributed by atoms with Gasteiger partial charge in [-0.25, -0.2) is 0 Å². The molecule has 1 aromatic carbocycles. The Labute approximate surface area is 135 Å². The average molecular weight is 361 g/mol. The van der Waals surface area contributed by atoms with Gasteiger partial charge in [0.15, 0.2) is 0 Å². The molecule has 0 aromatic heterocycles. The van der Waals surface area contributed by atoms with Crippen molar-refractivity contribution in [3.05, 3.63) is 28.2 Å². The van der Waals surface area contributed by atoms with E-state index in [1.165, 1.54) is 11.3 Å². The summed E-state index contributed by atoms with van der Waals surface area (Å²) in [5.74, 6) is 0.573. The molecule has 0 bridgehead atoms. The summed E-state index contributed by atoms with van der Waals surface area (Å²) in [7, 11) is 4.26. The van der Waals surface area contributed by atoms with Crippen LogP contribution in [0.2, 0.25) is 0 Å². The van der Waals surface area contributed by atoms with Crippen molar-refractivity contribution in [2.24, 2.45) is 0 Å². The predicted molar refractivity (Wildman–Crippen MR) is 90.9 cm³/mol. The van der Waals surface area contributed by atoms with Gasteiger partial charge < -0.3 is 9.80 Å². The van der Waals surface area contributed by atoms with Crippen LogP contribution in [0.15, 0.2) is 22.7 Å². The molecule has 0 unspecified atom stereocenters. The third-order valence-electron chi connectivity index (χ3n) is 3.77. The summed E-state index contributed by atoms with van der Waals surface area (Å²) in [5, 5.41) is 0. The van der Waals surface area contributed by atoms with Gasteiger partial charge in [0.05, 0.1) is 0 Å². The molecule has 112 valence electrons. The minimum Gasteiger partial charge on any atom is -0.369 e. The minimum absolute atomic E-state index is 0.573. The summed E-state index contributed by atoms with van der Waals surface area (Å²) in [4.78, 5) is 7.23. The van der Waals surface area contributed by atoms with Gasteiger partial charge in [-0.3, -0.25) is 4.90 Å². The van der Waals surface area contributed by atoms with Crippen molar-refractivity contribution in [3.8, 4) is 0 Å². The van der Waals surface area contributed by atoms with Crippen molar-refractivity contribution in [2.45, 2.75) is 5.88 Å². The molecule has 0 spiro atoms.